The van der Waals surface area contributed by atoms with Crippen LogP contribution in [0.25, 0.3) is 0 Å². The number of hydrogen-bond acceptors (Lipinski definition) is 4. The first-order chi connectivity index (χ1) is 8.08. The number of carboxylic acid groups (broad SMARTS) is 1. The molecule has 1 rings (SSSR count). The second-order valence-corrected chi connectivity index (χ2v) is 3.69. The van der Waals surface area contributed by atoms with Gasteiger partial charge in [-0.3, -0.25) is 0 Å². The van der Waals surface area contributed by atoms with Gasteiger partial charge in [0.05, 0.1) is 6.61 Å². The van der Waals surface area contributed by atoms with Crippen molar-refractivity contribution in [2.24, 2.45) is 0 Å². The van der Waals surface area contributed by atoms with E-state index in [-0.39, 0.29) is 12.2 Å². The number of aliphatic hydroxyl groups excluding tert-OH is 2. The molecule has 1 aromatic rings. The van der Waals surface area contributed by atoms with Gasteiger partial charge in [-0.1, -0.05) is 18.2 Å². The number of carbonyl (C=O) groups is 2. The molecule has 0 aliphatic carbocycles. The SMILES string of the molecule is O=CCCc1cc(CO)cc(C(O)C(=O)O)c1. The molecule has 3 N–H and O–H groups in total. The molecule has 0 heterocycles. The molecular weight excluding hydrogens is 224 g/mol. The quantitative estimate of drug-likeness (QED) is 0.625. The van der Waals surface area contributed by atoms with Gasteiger partial charge in [0.25, 0.3) is 0 Å². The molecular formula is C12H14O5. The first-order valence-electron chi connectivity index (χ1n) is 5.16. The second kappa shape index (κ2) is 6.12. The molecule has 0 aromatic heterocycles. The first kappa shape index (κ1) is 13.3. The maximum atomic E-state index is 10.7. The molecule has 0 fully saturated rings. The number of aryl methyl sites for hydroxylation is 1. The van der Waals surface area contributed by atoms with Gasteiger partial charge >= 0.3 is 5.97 Å². The van der Waals surface area contributed by atoms with E-state index in [1.807, 2.05) is 0 Å². The molecule has 0 bridgehead atoms. The fourth-order valence-electron chi connectivity index (χ4n) is 1.55. The van der Waals surface area contributed by atoms with Crippen molar-refractivity contribution in [2.75, 3.05) is 0 Å². The smallest absolute Gasteiger partial charge is 0.337 e. The average molecular weight is 238 g/mol. The lowest BCUT2D eigenvalue weighted by molar-refractivity contribution is -0.147. The van der Waals surface area contributed by atoms with Crippen molar-refractivity contribution < 1.29 is 24.9 Å². The minimum atomic E-state index is -1.61. The van der Waals surface area contributed by atoms with E-state index in [1.54, 1.807) is 6.07 Å². The van der Waals surface area contributed by atoms with Crippen LogP contribution in [0.1, 0.15) is 29.2 Å². The number of benzene rings is 1. The van der Waals surface area contributed by atoms with Gasteiger partial charge in [-0.2, -0.15) is 0 Å². The summed E-state index contributed by atoms with van der Waals surface area (Å²) in [4.78, 5) is 20.9. The lowest BCUT2D eigenvalue weighted by Crippen LogP contribution is -2.11. The number of aldehydes is 1. The van der Waals surface area contributed by atoms with E-state index >= 15 is 0 Å². The minimum absolute atomic E-state index is 0.213. The molecule has 0 saturated heterocycles. The highest BCUT2D eigenvalue weighted by Crippen LogP contribution is 2.19. The number of aliphatic hydroxyl groups is 2. The molecule has 0 aliphatic heterocycles. The molecule has 0 spiro atoms. The van der Waals surface area contributed by atoms with Gasteiger partial charge < -0.3 is 20.1 Å². The minimum Gasteiger partial charge on any atom is -0.479 e. The molecule has 1 atom stereocenters. The predicted molar refractivity (Wildman–Crippen MR) is 59.3 cm³/mol. The standard InChI is InChI=1S/C12H14O5/c13-3-1-2-8-4-9(7-14)6-10(5-8)11(15)12(16)17/h3-6,11,14-15H,1-2,7H2,(H,16,17). The lowest BCUT2D eigenvalue weighted by atomic mass is 9.99. The van der Waals surface area contributed by atoms with E-state index in [0.717, 1.165) is 11.8 Å². The summed E-state index contributed by atoms with van der Waals surface area (Å²) in [6, 6.07) is 4.65. The van der Waals surface area contributed by atoms with E-state index < -0.39 is 12.1 Å². The van der Waals surface area contributed by atoms with Crippen molar-refractivity contribution in [3.8, 4) is 0 Å². The van der Waals surface area contributed by atoms with Crippen LogP contribution in [0.3, 0.4) is 0 Å². The largest absolute Gasteiger partial charge is 0.479 e. The van der Waals surface area contributed by atoms with Crippen LogP contribution in [0.5, 0.6) is 0 Å². The van der Waals surface area contributed by atoms with E-state index in [1.165, 1.54) is 12.1 Å². The van der Waals surface area contributed by atoms with Crippen molar-refractivity contribution in [2.45, 2.75) is 25.6 Å². The Bertz CT molecular complexity index is 413. The van der Waals surface area contributed by atoms with Crippen LogP contribution in [-0.2, 0) is 22.6 Å². The number of hydrogen-bond donors (Lipinski definition) is 3. The molecule has 1 unspecified atom stereocenters. The van der Waals surface area contributed by atoms with Gasteiger partial charge in [0.2, 0.25) is 0 Å². The summed E-state index contributed by atoms with van der Waals surface area (Å²) in [7, 11) is 0. The molecule has 0 aliphatic rings. The third kappa shape index (κ3) is 3.65. The van der Waals surface area contributed by atoms with Crippen LogP contribution in [0.4, 0.5) is 0 Å². The zero-order valence-electron chi connectivity index (χ0n) is 9.17. The van der Waals surface area contributed by atoms with Gasteiger partial charge in [-0.25, -0.2) is 4.79 Å². The lowest BCUT2D eigenvalue weighted by Gasteiger charge is -2.10. The zero-order chi connectivity index (χ0) is 12.8. The van der Waals surface area contributed by atoms with E-state index in [0.29, 0.717) is 18.4 Å². The van der Waals surface area contributed by atoms with E-state index in [9.17, 15) is 14.7 Å². The number of rotatable bonds is 6. The summed E-state index contributed by atoms with van der Waals surface area (Å²) in [6.45, 7) is -0.242. The molecule has 1 aromatic carbocycles. The van der Waals surface area contributed by atoms with Gasteiger partial charge in [0.15, 0.2) is 6.10 Å². The summed E-state index contributed by atoms with van der Waals surface area (Å²) in [5.74, 6) is -1.35. The zero-order valence-corrected chi connectivity index (χ0v) is 9.17. The van der Waals surface area contributed by atoms with Crippen LogP contribution in [-0.4, -0.2) is 27.6 Å². The Balaban J connectivity index is 3.04. The van der Waals surface area contributed by atoms with Crippen LogP contribution >= 0.6 is 0 Å². The molecule has 0 radical (unpaired) electrons. The Labute approximate surface area is 98.3 Å². The van der Waals surface area contributed by atoms with Crippen LogP contribution in [0.2, 0.25) is 0 Å². The fourth-order valence-corrected chi connectivity index (χ4v) is 1.55. The number of carboxylic acids is 1. The monoisotopic (exact) mass is 238 g/mol. The third-order valence-corrected chi connectivity index (χ3v) is 2.36. The van der Waals surface area contributed by atoms with Gasteiger partial charge in [0, 0.05) is 6.42 Å². The molecule has 5 nitrogen and oxygen atoms in total. The number of aliphatic carboxylic acids is 1. The maximum Gasteiger partial charge on any atom is 0.337 e. The van der Waals surface area contributed by atoms with Crippen molar-refractivity contribution in [3.05, 3.63) is 34.9 Å². The fraction of sp³-hybridized carbons (Fsp3) is 0.333. The Kier molecular flexibility index (Phi) is 4.81. The highest BCUT2D eigenvalue weighted by molar-refractivity contribution is 5.74. The average Bonchev–Trinajstić information content (AvgIpc) is 2.34. The van der Waals surface area contributed by atoms with Gasteiger partial charge in [-0.05, 0) is 23.1 Å². The summed E-state index contributed by atoms with van der Waals surface area (Å²) in [6.07, 6.45) is -0.0796. The Morgan fingerprint density at radius 3 is 2.47 bits per heavy atom. The molecule has 5 heteroatoms. The summed E-state index contributed by atoms with van der Waals surface area (Å²) < 4.78 is 0. The van der Waals surface area contributed by atoms with Crippen molar-refractivity contribution in [3.63, 3.8) is 0 Å². The van der Waals surface area contributed by atoms with Crippen molar-refractivity contribution >= 4 is 12.3 Å². The van der Waals surface area contributed by atoms with Gasteiger partial charge in [-0.15, -0.1) is 0 Å². The predicted octanol–water partition coefficient (Wildman–Crippen LogP) is 0.428. The summed E-state index contributed by atoms with van der Waals surface area (Å²) in [5, 5.41) is 27.1. The second-order valence-electron chi connectivity index (χ2n) is 3.69. The Morgan fingerprint density at radius 2 is 1.94 bits per heavy atom. The molecule has 17 heavy (non-hydrogen) atoms. The van der Waals surface area contributed by atoms with Crippen LogP contribution < -0.4 is 0 Å². The Hall–Kier alpha value is -1.72. The molecule has 92 valence electrons. The van der Waals surface area contributed by atoms with Crippen molar-refractivity contribution in [1.82, 2.24) is 0 Å². The Morgan fingerprint density at radius 1 is 1.29 bits per heavy atom. The first-order valence-corrected chi connectivity index (χ1v) is 5.16. The maximum absolute atomic E-state index is 10.7. The summed E-state index contributed by atoms with van der Waals surface area (Å²) >= 11 is 0. The van der Waals surface area contributed by atoms with Gasteiger partial charge in [0.1, 0.15) is 6.29 Å². The topological polar surface area (TPSA) is 94.8 Å². The van der Waals surface area contributed by atoms with E-state index in [2.05, 4.69) is 0 Å². The number of carbonyl (C=O) groups excluding carboxylic acids is 1. The third-order valence-electron chi connectivity index (χ3n) is 2.36. The highest BCUT2D eigenvalue weighted by Gasteiger charge is 2.17. The van der Waals surface area contributed by atoms with Crippen molar-refractivity contribution in [1.29, 1.82) is 0 Å². The normalized spacial score (nSPS) is 12.1. The van der Waals surface area contributed by atoms with Crippen LogP contribution in [0, 0.1) is 0 Å². The van der Waals surface area contributed by atoms with Crippen LogP contribution in [0.15, 0.2) is 18.2 Å². The molecule has 0 amide bonds. The summed E-state index contributed by atoms with van der Waals surface area (Å²) in [5.41, 5.74) is 1.45. The van der Waals surface area contributed by atoms with E-state index in [4.69, 9.17) is 10.2 Å². The highest BCUT2D eigenvalue weighted by atomic mass is 16.4. The molecule has 0 saturated carbocycles.